The third-order valence-electron chi connectivity index (χ3n) is 9.21. The van der Waals surface area contributed by atoms with E-state index < -0.39 is 0 Å². The predicted octanol–water partition coefficient (Wildman–Crippen LogP) is 5.97. The fourth-order valence-electron chi connectivity index (χ4n) is 7.05. The second-order valence-electron chi connectivity index (χ2n) is 13.6. The van der Waals surface area contributed by atoms with Crippen molar-refractivity contribution in [3.8, 4) is 11.1 Å². The molecule has 0 fully saturated rings. The second-order valence-corrected chi connectivity index (χ2v) is 15.7. The second kappa shape index (κ2) is 15.2. The van der Waals surface area contributed by atoms with Gasteiger partial charge in [0.15, 0.2) is 0 Å². The van der Waals surface area contributed by atoms with Gasteiger partial charge in [-0.1, -0.05) is 58.2 Å². The van der Waals surface area contributed by atoms with Gasteiger partial charge in [0.05, 0.1) is 0 Å². The first-order valence-electron chi connectivity index (χ1n) is 15.8. The number of halogens is 4. The largest absolute Gasteiger partial charge is 1.00 e. The molecule has 8 rings (SSSR count). The molecule has 3 aliphatic carbocycles. The third kappa shape index (κ3) is 7.83. The maximum absolute atomic E-state index is 5.98. The van der Waals surface area contributed by atoms with Gasteiger partial charge < -0.3 is 24.8 Å². The molecule has 0 nitrogen and oxygen atoms in total. The minimum Gasteiger partial charge on any atom is -1.00 e. The molecule has 3 aliphatic rings. The predicted molar refractivity (Wildman–Crippen MR) is 195 cm³/mol. The van der Waals surface area contributed by atoms with Gasteiger partial charge in [-0.2, -0.15) is 23.8 Å². The Labute approximate surface area is 323 Å². The molecule has 0 amide bonds. The molecule has 0 unspecified atom stereocenters. The Balaban J connectivity index is 0.000000195. The minimum absolute atomic E-state index is 0. The standard InChI is InChI=1S/C25H25.C13H8Cl2.C5H5.2ClH.Zr/c1-14-12-24(3,4)22-8-16-7-17-9-23-19(15(2)13-25(23,5)6)11-21(17)20(16)10-18(14)22;14-12-5-1-3-10(8-12)7-11-4-2-6-13(15)9-11;1-2-4-5-3-1;;;/h8-12H,7H2,1-6H3;1-6,8-9H;1-5H;2*1H;/q-1;;-1;;;+2/p-2. The van der Waals surface area contributed by atoms with E-state index >= 15 is 0 Å². The van der Waals surface area contributed by atoms with Crippen LogP contribution in [0.5, 0.6) is 0 Å². The van der Waals surface area contributed by atoms with Crippen molar-refractivity contribution in [2.24, 2.45) is 0 Å². The molecule has 0 saturated heterocycles. The normalized spacial score (nSPS) is 15.0. The first-order chi connectivity index (χ1) is 21.8. The smallest absolute Gasteiger partial charge is 0.172 e. The molecule has 0 radical (unpaired) electrons. The maximum atomic E-state index is 5.98. The van der Waals surface area contributed by atoms with Crippen LogP contribution in [-0.2, 0) is 41.5 Å². The first-order valence-corrected chi connectivity index (χ1v) is 17.8. The summed E-state index contributed by atoms with van der Waals surface area (Å²) in [5, 5.41) is 1.53. The average molecular weight is 788 g/mol. The van der Waals surface area contributed by atoms with Gasteiger partial charge in [0.1, 0.15) is 0 Å². The van der Waals surface area contributed by atoms with Gasteiger partial charge in [-0.05, 0) is 58.4 Å². The molecule has 0 saturated carbocycles. The summed E-state index contributed by atoms with van der Waals surface area (Å²) in [6, 6.07) is 35.6. The zero-order valence-corrected chi connectivity index (χ0v) is 33.6. The van der Waals surface area contributed by atoms with E-state index in [9.17, 15) is 0 Å². The van der Waals surface area contributed by atoms with Crippen LogP contribution in [0.1, 0.15) is 86.1 Å². The zero-order valence-electron chi connectivity index (χ0n) is 28.1. The first kappa shape index (κ1) is 38.4. The van der Waals surface area contributed by atoms with E-state index in [0.29, 0.717) is 0 Å². The number of hydrogen-bond acceptors (Lipinski definition) is 0. The van der Waals surface area contributed by atoms with E-state index in [0.717, 1.165) is 27.6 Å². The van der Waals surface area contributed by atoms with Crippen LogP contribution in [0.15, 0.2) is 109 Å². The van der Waals surface area contributed by atoms with E-state index in [2.05, 4.69) is 90.1 Å². The van der Waals surface area contributed by atoms with Gasteiger partial charge in [-0.3, -0.25) is 6.08 Å². The molecule has 5 aromatic carbocycles. The molecule has 5 aromatic rings. The van der Waals surface area contributed by atoms with Crippen molar-refractivity contribution in [1.29, 1.82) is 0 Å². The van der Waals surface area contributed by atoms with E-state index in [1.54, 1.807) is 0 Å². The summed E-state index contributed by atoms with van der Waals surface area (Å²) in [6.45, 7) is 13.7. The molecule has 0 bridgehead atoms. The molecule has 5 heteroatoms. The Morgan fingerprint density at radius 3 is 1.71 bits per heavy atom. The van der Waals surface area contributed by atoms with E-state index in [4.69, 9.17) is 23.2 Å². The summed E-state index contributed by atoms with van der Waals surface area (Å²) in [5.41, 5.74) is 16.9. The third-order valence-corrected chi connectivity index (χ3v) is 11.1. The molecule has 0 aliphatic heterocycles. The van der Waals surface area contributed by atoms with Gasteiger partial charge in [-0.15, -0.1) is 11.6 Å². The Bertz CT molecular complexity index is 1880. The summed E-state index contributed by atoms with van der Waals surface area (Å²) >= 11 is 13.3. The molecule has 0 spiro atoms. The van der Waals surface area contributed by atoms with Crippen LogP contribution in [0.25, 0.3) is 22.3 Å². The molecule has 0 N–H and O–H groups in total. The number of hydrogen-bond donors (Lipinski definition) is 0. The van der Waals surface area contributed by atoms with Crippen molar-refractivity contribution in [2.45, 2.75) is 58.8 Å². The van der Waals surface area contributed by atoms with Crippen LogP contribution >= 0.6 is 23.2 Å². The summed E-state index contributed by atoms with van der Waals surface area (Å²) in [7, 11) is 0. The number of fused-ring (bicyclic) bond motifs is 5. The topological polar surface area (TPSA) is 0 Å². The van der Waals surface area contributed by atoms with Gasteiger partial charge in [-0.25, -0.2) is 17.7 Å². The Morgan fingerprint density at radius 2 is 1.21 bits per heavy atom. The van der Waals surface area contributed by atoms with E-state index in [1.807, 2.05) is 66.7 Å². The summed E-state index contributed by atoms with van der Waals surface area (Å²) in [6.07, 6.45) is 7.13. The Hall–Kier alpha value is -2.38. The van der Waals surface area contributed by atoms with Crippen molar-refractivity contribution >= 4 is 37.6 Å². The minimum atomic E-state index is 0. The van der Waals surface area contributed by atoms with Crippen LogP contribution in [-0.4, -0.2) is 3.21 Å². The van der Waals surface area contributed by atoms with Crippen molar-refractivity contribution in [3.63, 3.8) is 0 Å². The summed E-state index contributed by atoms with van der Waals surface area (Å²) in [5.74, 6) is 0. The fourth-order valence-corrected chi connectivity index (χ4v) is 8.20. The molecule has 48 heavy (non-hydrogen) atoms. The molecule has 0 atom stereocenters. The molecule has 0 aromatic heterocycles. The van der Waals surface area contributed by atoms with Crippen molar-refractivity contribution in [2.75, 3.05) is 0 Å². The average Bonchev–Trinajstić information content (AvgIpc) is 3.78. The number of benzene rings is 4. The molecule has 0 heterocycles. The van der Waals surface area contributed by atoms with E-state index in [-0.39, 0.29) is 35.6 Å². The fraction of sp³-hybridized carbons (Fsp3) is 0.209. The van der Waals surface area contributed by atoms with Crippen LogP contribution in [0.2, 0.25) is 10.0 Å². The number of rotatable bonds is 2. The van der Waals surface area contributed by atoms with Crippen LogP contribution < -0.4 is 24.8 Å². The van der Waals surface area contributed by atoms with Crippen molar-refractivity contribution in [3.05, 3.63) is 170 Å². The van der Waals surface area contributed by atoms with Crippen LogP contribution in [0, 0.1) is 6.08 Å². The molecular formula is C43H38Cl4Zr-2. The Morgan fingerprint density at radius 1 is 0.688 bits per heavy atom. The number of allylic oxidation sites excluding steroid dienone is 4. The van der Waals surface area contributed by atoms with Crippen molar-refractivity contribution < 1.29 is 49.0 Å². The monoisotopic (exact) mass is 784 g/mol. The van der Waals surface area contributed by atoms with E-state index in [1.165, 1.54) is 83.1 Å². The SMILES string of the molecule is CC1=[C-]C(C)(C)c2cc3c(cc21)-c1cc2c(cc1C3)C(C)(C)C=C2C.Clc1cccc([C](=[Zr+2])c2cccc(Cl)c2)c1.[Cl-].[Cl-].c1cc[cH-]c1. The maximum Gasteiger partial charge on any atom is -0.172 e. The Kier molecular flexibility index (Phi) is 12.2. The summed E-state index contributed by atoms with van der Waals surface area (Å²) in [4.78, 5) is 0. The quantitative estimate of drug-likeness (QED) is 0.190. The zero-order chi connectivity index (χ0) is 32.8. The molecular weight excluding hydrogens is 750 g/mol. The van der Waals surface area contributed by atoms with Gasteiger partial charge in [0.25, 0.3) is 0 Å². The molecule has 244 valence electrons. The van der Waals surface area contributed by atoms with Gasteiger partial charge in [0, 0.05) is 5.41 Å². The van der Waals surface area contributed by atoms with Crippen molar-refractivity contribution in [1.82, 2.24) is 0 Å². The van der Waals surface area contributed by atoms with Crippen LogP contribution in [0.4, 0.5) is 0 Å². The summed E-state index contributed by atoms with van der Waals surface area (Å²) < 4.78 is 1.26. The van der Waals surface area contributed by atoms with Crippen LogP contribution in [0.3, 0.4) is 0 Å². The van der Waals surface area contributed by atoms with Gasteiger partial charge in [0.2, 0.25) is 0 Å². The van der Waals surface area contributed by atoms with Gasteiger partial charge >= 0.3 is 120 Å².